The number of hydrogen-bond donors (Lipinski definition) is 1. The fraction of sp³-hybridized carbons (Fsp3) is 0.455. The van der Waals surface area contributed by atoms with Crippen LogP contribution in [0.5, 0.6) is 5.75 Å². The standard InChI is InChI=1S/C22H31NO/c1-16(2)23(17(3)4)14-13-20(19-9-7-6-8-10-19)21-15-18(5)11-12-22(21)24/h6-12,15-17,20,24H,13-14H2,1-5H3/i5D3,11D,15D. The summed E-state index contributed by atoms with van der Waals surface area (Å²) >= 11 is 0. The number of phenols is 1. The SMILES string of the molecule is [2H]c1cc(O)c(C(CCN(C(C)C)C(C)C)c2ccccc2)c([2H])c1C([2H])([2H])[2H]. The molecule has 0 fully saturated rings. The zero-order valence-electron chi connectivity index (χ0n) is 20.0. The van der Waals surface area contributed by atoms with Crippen molar-refractivity contribution in [3.8, 4) is 5.75 Å². The minimum atomic E-state index is -2.58. The van der Waals surface area contributed by atoms with E-state index in [9.17, 15) is 5.11 Å². The molecule has 2 aromatic carbocycles. The van der Waals surface area contributed by atoms with E-state index in [1.54, 1.807) is 0 Å². The molecule has 2 rings (SSSR count). The van der Waals surface area contributed by atoms with Gasteiger partial charge in [0.15, 0.2) is 0 Å². The molecule has 0 amide bonds. The van der Waals surface area contributed by atoms with E-state index in [0.29, 0.717) is 18.5 Å². The Labute approximate surface area is 154 Å². The van der Waals surface area contributed by atoms with Crippen molar-refractivity contribution in [3.05, 3.63) is 65.2 Å². The Bertz CT molecular complexity index is 810. The number of phenolic OH excluding ortho intramolecular Hbond substituents is 1. The molecule has 1 atom stereocenters. The summed E-state index contributed by atoms with van der Waals surface area (Å²) in [5.74, 6) is -0.534. The molecule has 24 heavy (non-hydrogen) atoms. The lowest BCUT2D eigenvalue weighted by atomic mass is 9.87. The van der Waals surface area contributed by atoms with Crippen LogP contribution in [0.4, 0.5) is 0 Å². The lowest BCUT2D eigenvalue weighted by molar-refractivity contribution is 0.170. The Morgan fingerprint density at radius 2 is 1.75 bits per heavy atom. The van der Waals surface area contributed by atoms with E-state index >= 15 is 0 Å². The van der Waals surface area contributed by atoms with Crippen LogP contribution in [0.1, 0.15) is 63.6 Å². The molecule has 0 spiro atoms. The second kappa shape index (κ2) is 8.34. The summed E-state index contributed by atoms with van der Waals surface area (Å²) in [6, 6.07) is 10.8. The summed E-state index contributed by atoms with van der Waals surface area (Å²) in [4.78, 5) is 2.33. The van der Waals surface area contributed by atoms with E-state index in [4.69, 9.17) is 6.85 Å². The number of benzene rings is 2. The van der Waals surface area contributed by atoms with Gasteiger partial charge < -0.3 is 5.11 Å². The highest BCUT2D eigenvalue weighted by atomic mass is 16.3. The largest absolute Gasteiger partial charge is 0.508 e. The van der Waals surface area contributed by atoms with Crippen molar-refractivity contribution in [2.75, 3.05) is 6.54 Å². The fourth-order valence-electron chi connectivity index (χ4n) is 3.27. The third-order valence-corrected chi connectivity index (χ3v) is 4.44. The van der Waals surface area contributed by atoms with E-state index < -0.39 is 6.85 Å². The Morgan fingerprint density at radius 1 is 1.08 bits per heavy atom. The van der Waals surface area contributed by atoms with Gasteiger partial charge in [0.05, 0.1) is 2.74 Å². The molecular formula is C22H31NO. The summed E-state index contributed by atoms with van der Waals surface area (Å²) in [5, 5.41) is 10.6. The van der Waals surface area contributed by atoms with Crippen LogP contribution in [-0.4, -0.2) is 28.6 Å². The molecule has 130 valence electrons. The zero-order valence-corrected chi connectivity index (χ0v) is 15.0. The molecule has 0 radical (unpaired) electrons. The minimum absolute atomic E-state index is 0.192. The van der Waals surface area contributed by atoms with Gasteiger partial charge in [-0.2, -0.15) is 0 Å². The van der Waals surface area contributed by atoms with Gasteiger partial charge in [-0.3, -0.25) is 4.90 Å². The molecule has 1 unspecified atom stereocenters. The summed E-state index contributed by atoms with van der Waals surface area (Å²) in [6.07, 6.45) is 0.623. The molecule has 0 bridgehead atoms. The first-order valence-corrected chi connectivity index (χ1v) is 8.59. The maximum atomic E-state index is 10.6. The van der Waals surface area contributed by atoms with Gasteiger partial charge in [-0.1, -0.05) is 48.0 Å². The summed E-state index contributed by atoms with van der Waals surface area (Å²) in [6.45, 7) is 6.68. The molecule has 0 heterocycles. The maximum Gasteiger partial charge on any atom is 0.119 e. The molecule has 0 aliphatic rings. The van der Waals surface area contributed by atoms with Crippen LogP contribution in [0.25, 0.3) is 0 Å². The molecule has 2 heteroatoms. The highest BCUT2D eigenvalue weighted by molar-refractivity contribution is 5.43. The third kappa shape index (κ3) is 4.61. The van der Waals surface area contributed by atoms with Crippen LogP contribution in [0.3, 0.4) is 0 Å². The first kappa shape index (κ1) is 12.5. The van der Waals surface area contributed by atoms with Crippen LogP contribution >= 0.6 is 0 Å². The number of nitrogens with zero attached hydrogens (tertiary/aromatic N) is 1. The van der Waals surface area contributed by atoms with Crippen LogP contribution in [-0.2, 0) is 0 Å². The summed E-state index contributed by atoms with van der Waals surface area (Å²) in [7, 11) is 0. The van der Waals surface area contributed by atoms with E-state index in [0.717, 1.165) is 18.2 Å². The van der Waals surface area contributed by atoms with E-state index in [-0.39, 0.29) is 34.9 Å². The van der Waals surface area contributed by atoms with Crippen LogP contribution < -0.4 is 0 Å². The monoisotopic (exact) mass is 330 g/mol. The number of rotatable bonds is 7. The summed E-state index contributed by atoms with van der Waals surface area (Å²) in [5.41, 5.74) is 0.888. The van der Waals surface area contributed by atoms with Crippen LogP contribution in [0.2, 0.25) is 0 Å². The average molecular weight is 331 g/mol. The maximum absolute atomic E-state index is 10.6. The third-order valence-electron chi connectivity index (χ3n) is 4.44. The lowest BCUT2D eigenvalue weighted by Crippen LogP contribution is -2.38. The molecule has 2 aromatic rings. The Kier molecular flexibility index (Phi) is 4.36. The Balaban J connectivity index is 2.59. The highest BCUT2D eigenvalue weighted by Crippen LogP contribution is 2.35. The molecule has 0 aliphatic carbocycles. The van der Waals surface area contributed by atoms with Crippen molar-refractivity contribution in [3.63, 3.8) is 0 Å². The average Bonchev–Trinajstić information content (AvgIpc) is 2.58. The molecule has 2 nitrogen and oxygen atoms in total. The van der Waals surface area contributed by atoms with Crippen molar-refractivity contribution in [1.29, 1.82) is 0 Å². The van der Waals surface area contributed by atoms with Gasteiger partial charge in [0.2, 0.25) is 0 Å². The van der Waals surface area contributed by atoms with Gasteiger partial charge in [0, 0.05) is 27.7 Å². The van der Waals surface area contributed by atoms with Crippen molar-refractivity contribution >= 4 is 0 Å². The molecule has 0 aromatic heterocycles. The minimum Gasteiger partial charge on any atom is -0.508 e. The molecule has 0 saturated heterocycles. The molecule has 0 aliphatic heterocycles. The fourth-order valence-corrected chi connectivity index (χ4v) is 3.27. The summed E-state index contributed by atoms with van der Waals surface area (Å²) < 4.78 is 39.8. The highest BCUT2D eigenvalue weighted by Gasteiger charge is 2.21. The first-order valence-electron chi connectivity index (χ1n) is 11.1. The normalized spacial score (nSPS) is 16.5. The number of hydrogen-bond acceptors (Lipinski definition) is 2. The predicted molar refractivity (Wildman–Crippen MR) is 103 cm³/mol. The Morgan fingerprint density at radius 3 is 2.33 bits per heavy atom. The van der Waals surface area contributed by atoms with Gasteiger partial charge in [-0.15, -0.1) is 0 Å². The Hall–Kier alpha value is -1.80. The molecular weight excluding hydrogens is 294 g/mol. The van der Waals surface area contributed by atoms with Crippen molar-refractivity contribution in [2.24, 2.45) is 0 Å². The zero-order chi connectivity index (χ0) is 21.9. The van der Waals surface area contributed by atoms with Gasteiger partial charge in [-0.25, -0.2) is 0 Å². The van der Waals surface area contributed by atoms with Crippen molar-refractivity contribution in [1.82, 2.24) is 4.90 Å². The second-order valence-corrected chi connectivity index (χ2v) is 6.76. The van der Waals surface area contributed by atoms with E-state index in [1.165, 1.54) is 0 Å². The van der Waals surface area contributed by atoms with Gasteiger partial charge in [0.25, 0.3) is 0 Å². The van der Waals surface area contributed by atoms with Crippen molar-refractivity contribution < 1.29 is 12.0 Å². The van der Waals surface area contributed by atoms with Gasteiger partial charge >= 0.3 is 0 Å². The predicted octanol–water partition coefficient (Wildman–Crippen LogP) is 5.34. The topological polar surface area (TPSA) is 23.5 Å². The molecule has 1 N–H and O–H groups in total. The van der Waals surface area contributed by atoms with Crippen LogP contribution in [0.15, 0.2) is 48.5 Å². The van der Waals surface area contributed by atoms with Gasteiger partial charge in [0.1, 0.15) is 5.75 Å². The number of aromatic hydroxyl groups is 1. The van der Waals surface area contributed by atoms with Crippen molar-refractivity contribution in [2.45, 2.75) is 59.0 Å². The van der Waals surface area contributed by atoms with Crippen LogP contribution in [0, 0.1) is 6.85 Å². The quantitative estimate of drug-likeness (QED) is 0.740. The molecule has 0 saturated carbocycles. The first-order chi connectivity index (χ1) is 13.4. The van der Waals surface area contributed by atoms with Gasteiger partial charge in [-0.05, 0) is 59.1 Å². The second-order valence-electron chi connectivity index (χ2n) is 6.76. The smallest absolute Gasteiger partial charge is 0.119 e. The van der Waals surface area contributed by atoms with E-state index in [2.05, 4.69) is 32.6 Å². The lowest BCUT2D eigenvalue weighted by Gasteiger charge is -2.32. The van der Waals surface area contributed by atoms with E-state index in [1.807, 2.05) is 30.3 Å².